The molecule has 1 aromatic heterocycles. The number of rotatable bonds is 2. The Morgan fingerprint density at radius 3 is 2.71 bits per heavy atom. The first-order valence-corrected chi connectivity index (χ1v) is 8.67. The second-order valence-electron chi connectivity index (χ2n) is 6.01. The van der Waals surface area contributed by atoms with Crippen LogP contribution in [0.2, 0.25) is 0 Å². The van der Waals surface area contributed by atoms with Gasteiger partial charge in [-0.1, -0.05) is 22.9 Å². The summed E-state index contributed by atoms with van der Waals surface area (Å²) >= 11 is 5.37. The first kappa shape index (κ1) is 16.6. The molecular weight excluding hydrogens is 348 g/mol. The minimum absolute atomic E-state index is 0.428. The van der Waals surface area contributed by atoms with Crippen LogP contribution in [0.15, 0.2) is 22.7 Å². The third-order valence-corrected chi connectivity index (χ3v) is 5.70. The number of nitrogens with zero attached hydrogens (tertiary/aromatic N) is 2. The third kappa shape index (κ3) is 4.11. The molecule has 0 spiro atoms. The first-order valence-electron chi connectivity index (χ1n) is 7.07. The fraction of sp³-hybridized carbons (Fsp3) is 0.500. The molecular formula is C16H21BrN2OS. The van der Waals surface area contributed by atoms with Gasteiger partial charge in [0.05, 0.1) is 15.2 Å². The van der Waals surface area contributed by atoms with Crippen LogP contribution in [-0.2, 0) is 11.2 Å². The van der Waals surface area contributed by atoms with Crippen molar-refractivity contribution in [3.63, 3.8) is 0 Å². The van der Waals surface area contributed by atoms with Gasteiger partial charge < -0.3 is 9.69 Å². The molecule has 0 saturated carbocycles. The highest BCUT2D eigenvalue weighted by atomic mass is 79.9. The van der Waals surface area contributed by atoms with E-state index in [9.17, 15) is 0 Å². The number of aromatic nitrogens is 1. The maximum Gasteiger partial charge on any atom is 0.106 e. The van der Waals surface area contributed by atoms with Gasteiger partial charge in [-0.15, -0.1) is 11.3 Å². The lowest BCUT2D eigenvalue weighted by Crippen LogP contribution is -2.37. The monoisotopic (exact) mass is 368 g/mol. The van der Waals surface area contributed by atoms with Crippen LogP contribution in [0, 0.1) is 5.41 Å². The average Bonchev–Trinajstić information content (AvgIpc) is 2.85. The van der Waals surface area contributed by atoms with Crippen LogP contribution in [0.5, 0.6) is 0 Å². The number of hydrogen-bond donors (Lipinski definition) is 0. The molecule has 1 aromatic carbocycles. The van der Waals surface area contributed by atoms with Crippen LogP contribution in [0.4, 0.5) is 0 Å². The van der Waals surface area contributed by atoms with Gasteiger partial charge in [-0.05, 0) is 56.6 Å². The number of carbonyl (C=O) groups is 1. The summed E-state index contributed by atoms with van der Waals surface area (Å²) < 4.78 is 2.41. The summed E-state index contributed by atoms with van der Waals surface area (Å²) in [4.78, 5) is 15.2. The Morgan fingerprint density at radius 1 is 1.38 bits per heavy atom. The van der Waals surface area contributed by atoms with Crippen LogP contribution in [0.1, 0.15) is 24.8 Å². The van der Waals surface area contributed by atoms with E-state index in [2.05, 4.69) is 53.0 Å². The van der Waals surface area contributed by atoms with Gasteiger partial charge in [-0.2, -0.15) is 0 Å². The summed E-state index contributed by atoms with van der Waals surface area (Å²) in [6.07, 6.45) is 3.68. The van der Waals surface area contributed by atoms with E-state index in [0.717, 1.165) is 16.4 Å². The van der Waals surface area contributed by atoms with E-state index < -0.39 is 0 Å². The highest BCUT2D eigenvalue weighted by Gasteiger charge is 2.30. The van der Waals surface area contributed by atoms with Crippen molar-refractivity contribution in [1.29, 1.82) is 0 Å². The van der Waals surface area contributed by atoms with Gasteiger partial charge in [0.25, 0.3) is 0 Å². The van der Waals surface area contributed by atoms with E-state index in [1.807, 2.05) is 18.1 Å². The van der Waals surface area contributed by atoms with Gasteiger partial charge in [0.2, 0.25) is 0 Å². The number of hydrogen-bond acceptors (Lipinski definition) is 4. The number of piperidine rings is 1. The number of halogens is 1. The number of likely N-dealkylation sites (tertiary alicyclic amines) is 1. The van der Waals surface area contributed by atoms with Crippen molar-refractivity contribution >= 4 is 44.3 Å². The Kier molecular flexibility index (Phi) is 5.52. The topological polar surface area (TPSA) is 33.2 Å². The predicted molar refractivity (Wildman–Crippen MR) is 93.0 cm³/mol. The molecule has 2 heterocycles. The fourth-order valence-electron chi connectivity index (χ4n) is 2.72. The lowest BCUT2D eigenvalue weighted by Gasteiger charge is -2.37. The van der Waals surface area contributed by atoms with Crippen LogP contribution in [0.25, 0.3) is 10.2 Å². The Bertz CT molecular complexity index is 605. The highest BCUT2D eigenvalue weighted by molar-refractivity contribution is 9.10. The minimum Gasteiger partial charge on any atom is -0.307 e. The van der Waals surface area contributed by atoms with Crippen molar-refractivity contribution in [2.75, 3.05) is 20.1 Å². The molecule has 0 radical (unpaired) electrons. The van der Waals surface area contributed by atoms with Crippen molar-refractivity contribution in [3.05, 3.63) is 27.7 Å². The molecule has 0 unspecified atom stereocenters. The lowest BCUT2D eigenvalue weighted by atomic mass is 9.78. The van der Waals surface area contributed by atoms with E-state index in [4.69, 9.17) is 9.78 Å². The maximum absolute atomic E-state index is 8.00. The summed E-state index contributed by atoms with van der Waals surface area (Å²) in [5.41, 5.74) is 1.56. The second kappa shape index (κ2) is 6.99. The number of carbonyl (C=O) groups excluding carboxylic acids is 1. The van der Waals surface area contributed by atoms with E-state index in [0.29, 0.717) is 5.41 Å². The molecule has 0 bridgehead atoms. The zero-order valence-corrected chi connectivity index (χ0v) is 15.0. The largest absolute Gasteiger partial charge is 0.307 e. The van der Waals surface area contributed by atoms with Crippen LogP contribution in [-0.4, -0.2) is 36.8 Å². The summed E-state index contributed by atoms with van der Waals surface area (Å²) in [5.74, 6) is 0. The van der Waals surface area contributed by atoms with E-state index in [-0.39, 0.29) is 0 Å². The molecule has 2 aromatic rings. The molecule has 1 aliphatic heterocycles. The molecule has 5 heteroatoms. The van der Waals surface area contributed by atoms with Gasteiger partial charge in [-0.3, -0.25) is 0 Å². The van der Waals surface area contributed by atoms with Crippen molar-refractivity contribution in [2.45, 2.75) is 26.2 Å². The fourth-order valence-corrected chi connectivity index (χ4v) is 4.24. The van der Waals surface area contributed by atoms with Crippen LogP contribution < -0.4 is 0 Å². The summed E-state index contributed by atoms with van der Waals surface area (Å²) in [7, 11) is 2.22. The summed E-state index contributed by atoms with van der Waals surface area (Å²) in [6.45, 7) is 6.85. The molecule has 0 atom stereocenters. The van der Waals surface area contributed by atoms with Gasteiger partial charge in [-0.25, -0.2) is 4.98 Å². The SMILES string of the molecule is C=O.CN1CCC(C)(Cc2nc3cc(Br)ccc3s2)CC1. The highest BCUT2D eigenvalue weighted by Crippen LogP contribution is 2.36. The third-order valence-electron chi connectivity index (χ3n) is 4.17. The molecule has 114 valence electrons. The molecule has 0 amide bonds. The van der Waals surface area contributed by atoms with Gasteiger partial charge in [0, 0.05) is 10.9 Å². The second-order valence-corrected chi connectivity index (χ2v) is 8.04. The van der Waals surface area contributed by atoms with E-state index in [1.165, 1.54) is 35.6 Å². The van der Waals surface area contributed by atoms with Crippen LogP contribution in [0.3, 0.4) is 0 Å². The molecule has 3 nitrogen and oxygen atoms in total. The Hall–Kier alpha value is -0.780. The summed E-state index contributed by atoms with van der Waals surface area (Å²) in [6, 6.07) is 6.38. The van der Waals surface area contributed by atoms with E-state index in [1.54, 1.807) is 0 Å². The molecule has 1 fully saturated rings. The van der Waals surface area contributed by atoms with Gasteiger partial charge in [0.15, 0.2) is 0 Å². The quantitative estimate of drug-likeness (QED) is 0.798. The molecule has 21 heavy (non-hydrogen) atoms. The van der Waals surface area contributed by atoms with Crippen molar-refractivity contribution in [1.82, 2.24) is 9.88 Å². The van der Waals surface area contributed by atoms with Crippen molar-refractivity contribution < 1.29 is 4.79 Å². The minimum atomic E-state index is 0.428. The number of thiazole rings is 1. The zero-order valence-electron chi connectivity index (χ0n) is 12.6. The number of benzene rings is 1. The van der Waals surface area contributed by atoms with Gasteiger partial charge in [0.1, 0.15) is 6.79 Å². The lowest BCUT2D eigenvalue weighted by molar-refractivity contribution is -0.0979. The summed E-state index contributed by atoms with van der Waals surface area (Å²) in [5, 5.41) is 1.29. The molecule has 1 saturated heterocycles. The zero-order chi connectivity index (χ0) is 15.5. The maximum atomic E-state index is 8.00. The first-order chi connectivity index (χ1) is 10.0. The standard InChI is InChI=1S/C15H19BrN2S.CH2O/c1-15(5-7-18(2)8-6-15)10-14-17-12-9-11(16)3-4-13(12)19-14;1-2/h3-4,9H,5-8,10H2,1-2H3;1H2. The predicted octanol–water partition coefficient (Wildman–Crippen LogP) is 4.15. The van der Waals surface area contributed by atoms with Crippen molar-refractivity contribution in [3.8, 4) is 0 Å². The molecule has 0 aliphatic carbocycles. The smallest absolute Gasteiger partial charge is 0.106 e. The molecule has 3 rings (SSSR count). The Labute approximate surface area is 138 Å². The van der Waals surface area contributed by atoms with Gasteiger partial charge >= 0.3 is 0 Å². The van der Waals surface area contributed by atoms with E-state index >= 15 is 0 Å². The molecule has 0 N–H and O–H groups in total. The van der Waals surface area contributed by atoms with Crippen LogP contribution >= 0.6 is 27.3 Å². The Morgan fingerprint density at radius 2 is 2.05 bits per heavy atom. The normalized spacial score (nSPS) is 18.2. The van der Waals surface area contributed by atoms with Crippen molar-refractivity contribution in [2.24, 2.45) is 5.41 Å². The number of fused-ring (bicyclic) bond motifs is 1. The molecule has 1 aliphatic rings. The Balaban J connectivity index is 0.000000774. The average molecular weight is 369 g/mol.